The molecule has 8 rings (SSSR count). The lowest BCUT2D eigenvalue weighted by Gasteiger charge is -2.30. The van der Waals surface area contributed by atoms with Gasteiger partial charge < -0.3 is 29.7 Å². The van der Waals surface area contributed by atoms with Gasteiger partial charge in [0.15, 0.2) is 0 Å². The van der Waals surface area contributed by atoms with Crippen molar-refractivity contribution in [3.8, 4) is 33.6 Å². The molecule has 3 amide bonds. The van der Waals surface area contributed by atoms with Crippen LogP contribution in [-0.4, -0.2) is 79.7 Å². The summed E-state index contributed by atoms with van der Waals surface area (Å²) in [4.78, 5) is 58.2. The Morgan fingerprint density at radius 1 is 0.909 bits per heavy atom. The van der Waals surface area contributed by atoms with Gasteiger partial charge in [-0.15, -0.1) is 0 Å². The van der Waals surface area contributed by atoms with Crippen LogP contribution in [0.2, 0.25) is 0 Å². The van der Waals surface area contributed by atoms with E-state index in [1.807, 2.05) is 46.8 Å². The molecule has 3 N–H and O–H groups in total. The summed E-state index contributed by atoms with van der Waals surface area (Å²) >= 11 is 0. The zero-order valence-corrected chi connectivity index (χ0v) is 32.0. The topological polar surface area (TPSA) is 146 Å². The van der Waals surface area contributed by atoms with Crippen molar-refractivity contribution in [3.63, 3.8) is 0 Å². The average molecular weight is 756 g/mol. The third kappa shape index (κ3) is 6.63. The van der Waals surface area contributed by atoms with Crippen LogP contribution in [0.15, 0.2) is 48.8 Å². The molecular weight excluding hydrogens is 708 g/mol. The molecule has 290 valence electrons. The molecule has 0 unspecified atom stereocenters. The van der Waals surface area contributed by atoms with E-state index in [1.54, 1.807) is 34.3 Å². The fraction of sp³-hybridized carbons (Fsp3) is 0.488. The number of H-pyrrole nitrogens is 2. The Kier molecular flexibility index (Phi) is 8.80. The zero-order chi connectivity index (χ0) is 39.0. The van der Waals surface area contributed by atoms with Crippen LogP contribution < -0.4 is 5.32 Å². The van der Waals surface area contributed by atoms with Crippen molar-refractivity contribution < 1.29 is 32.6 Å². The van der Waals surface area contributed by atoms with Gasteiger partial charge in [-0.05, 0) is 87.5 Å². The van der Waals surface area contributed by atoms with Gasteiger partial charge >= 0.3 is 12.2 Å². The number of imidazole rings is 2. The van der Waals surface area contributed by atoms with Gasteiger partial charge in [-0.1, -0.05) is 38.1 Å². The number of aromatic amines is 2. The Morgan fingerprint density at radius 2 is 1.49 bits per heavy atom. The number of ether oxygens (including phenoxy) is 2. The van der Waals surface area contributed by atoms with Crippen LogP contribution >= 0.6 is 0 Å². The van der Waals surface area contributed by atoms with Crippen molar-refractivity contribution in [3.05, 3.63) is 71.6 Å². The molecule has 55 heavy (non-hydrogen) atoms. The van der Waals surface area contributed by atoms with Crippen molar-refractivity contribution in [1.29, 1.82) is 0 Å². The average Bonchev–Trinajstić information content (AvgIpc) is 3.73. The Morgan fingerprint density at radius 3 is 2.02 bits per heavy atom. The number of alkyl carbamates (subject to hydrolysis) is 1. The molecule has 4 aliphatic rings. The van der Waals surface area contributed by atoms with Crippen LogP contribution in [0.25, 0.3) is 33.6 Å². The van der Waals surface area contributed by atoms with Crippen molar-refractivity contribution in [2.75, 3.05) is 20.2 Å². The lowest BCUT2D eigenvalue weighted by Crippen LogP contribution is -2.51. The van der Waals surface area contributed by atoms with E-state index in [2.05, 4.69) is 25.3 Å². The van der Waals surface area contributed by atoms with Gasteiger partial charge in [0.25, 0.3) is 5.92 Å². The van der Waals surface area contributed by atoms with Gasteiger partial charge in [-0.25, -0.2) is 19.6 Å². The number of alkyl halides is 2. The van der Waals surface area contributed by atoms with E-state index in [0.29, 0.717) is 58.4 Å². The van der Waals surface area contributed by atoms with Crippen molar-refractivity contribution in [1.82, 2.24) is 35.1 Å². The van der Waals surface area contributed by atoms with Crippen molar-refractivity contribution in [2.45, 2.75) is 96.4 Å². The molecule has 2 aliphatic carbocycles. The number of fused-ring (bicyclic) bond motifs is 3. The van der Waals surface area contributed by atoms with Crippen molar-refractivity contribution >= 4 is 18.1 Å². The number of amides is 3. The first kappa shape index (κ1) is 36.7. The Hall–Kier alpha value is -5.27. The quantitative estimate of drug-likeness (QED) is 0.173. The molecule has 1 spiro atoms. The number of halogens is 2. The maximum Gasteiger partial charge on any atom is 0.410 e. The number of carbonyl (C=O) groups is 3. The number of benzene rings is 2. The highest BCUT2D eigenvalue weighted by Gasteiger charge is 2.55. The van der Waals surface area contributed by atoms with Gasteiger partial charge in [0.1, 0.15) is 23.3 Å². The summed E-state index contributed by atoms with van der Waals surface area (Å²) in [7, 11) is 1.27. The van der Waals surface area contributed by atoms with Gasteiger partial charge in [0, 0.05) is 35.3 Å². The number of hydrogen-bond acceptors (Lipinski definition) is 7. The summed E-state index contributed by atoms with van der Waals surface area (Å²) in [6.45, 7) is 10.3. The van der Waals surface area contributed by atoms with E-state index >= 15 is 8.78 Å². The summed E-state index contributed by atoms with van der Waals surface area (Å²) in [5.41, 5.74) is 2.40. The Bertz CT molecular complexity index is 2170. The SMILES string of the molecule is COC(=O)N[C@H](C(=O)N1CC2(CC2)C[C@H]1c1ncc(-c2ccc3c(c2)C(F)(F)c2cc(-c4cnc([C@@H]5CCCN5C(=O)OC(C)(C)C)[nH]4)ccc2-3)[nH]1)C(C)C. The molecule has 2 aliphatic heterocycles. The maximum atomic E-state index is 16.4. The van der Waals surface area contributed by atoms with Gasteiger partial charge in [-0.2, -0.15) is 8.78 Å². The van der Waals surface area contributed by atoms with E-state index in [4.69, 9.17) is 9.47 Å². The highest BCUT2D eigenvalue weighted by molar-refractivity contribution is 5.87. The maximum absolute atomic E-state index is 16.4. The standard InChI is InChI=1S/C41H47F2N7O5/c1-22(2)33(48-37(52)54-6)36(51)50-21-40(13-14-40)18-32(50)35-45-20-30(47-35)24-10-12-26-25-11-9-23(16-27(25)41(42,43)28(26)17-24)29-19-44-34(46-29)31-8-7-15-49(31)38(53)55-39(3,4)5/h9-12,16-17,19-20,22,31-33H,7-8,13-15,18,21H2,1-6H3,(H,44,46)(H,45,47)(H,48,52)/t31-,32-,33-/m0/s1. The minimum Gasteiger partial charge on any atom is -0.453 e. The fourth-order valence-corrected chi connectivity index (χ4v) is 8.40. The van der Waals surface area contributed by atoms with Gasteiger partial charge in [0.05, 0.1) is 43.0 Å². The molecule has 1 saturated carbocycles. The molecule has 0 radical (unpaired) electrons. The fourth-order valence-electron chi connectivity index (χ4n) is 8.40. The second-order valence-electron chi connectivity index (χ2n) is 16.8. The lowest BCUT2D eigenvalue weighted by atomic mass is 10.0. The Labute approximate surface area is 318 Å². The molecule has 3 fully saturated rings. The van der Waals surface area contributed by atoms with Crippen LogP contribution in [0.4, 0.5) is 18.4 Å². The second kappa shape index (κ2) is 13.2. The van der Waals surface area contributed by atoms with Crippen molar-refractivity contribution in [2.24, 2.45) is 11.3 Å². The molecule has 4 aromatic rings. The van der Waals surface area contributed by atoms with E-state index < -0.39 is 29.8 Å². The summed E-state index contributed by atoms with van der Waals surface area (Å²) in [5.74, 6) is -2.47. The molecule has 3 atom stereocenters. The molecule has 2 saturated heterocycles. The Balaban J connectivity index is 1.03. The van der Waals surface area contributed by atoms with Crippen LogP contribution in [0.1, 0.15) is 102 Å². The van der Waals surface area contributed by atoms with E-state index in [9.17, 15) is 14.4 Å². The molecule has 4 heterocycles. The van der Waals surface area contributed by atoms with Crippen LogP contribution in [0, 0.1) is 11.3 Å². The zero-order valence-electron chi connectivity index (χ0n) is 32.0. The summed E-state index contributed by atoms with van der Waals surface area (Å²) in [5, 5.41) is 2.69. The number of carbonyl (C=O) groups excluding carboxylic acids is 3. The number of likely N-dealkylation sites (tertiary alicyclic amines) is 2. The highest BCUT2D eigenvalue weighted by atomic mass is 19.3. The van der Waals surface area contributed by atoms with E-state index in [0.717, 1.165) is 32.1 Å². The number of rotatable bonds is 7. The number of methoxy groups -OCH3 is 1. The summed E-state index contributed by atoms with van der Waals surface area (Å²) in [6.07, 6.45) is 6.46. The largest absolute Gasteiger partial charge is 0.453 e. The molecule has 2 aromatic carbocycles. The minimum absolute atomic E-state index is 0.0228. The van der Waals surface area contributed by atoms with Crippen LogP contribution in [-0.2, 0) is 20.2 Å². The van der Waals surface area contributed by atoms with E-state index in [-0.39, 0.29) is 40.5 Å². The smallest absolute Gasteiger partial charge is 0.410 e. The number of hydrogen-bond donors (Lipinski definition) is 3. The van der Waals surface area contributed by atoms with Crippen LogP contribution in [0.5, 0.6) is 0 Å². The summed E-state index contributed by atoms with van der Waals surface area (Å²) < 4.78 is 43.2. The number of nitrogens with zero attached hydrogens (tertiary/aromatic N) is 4. The normalized spacial score (nSPS) is 21.1. The predicted molar refractivity (Wildman–Crippen MR) is 200 cm³/mol. The van der Waals surface area contributed by atoms with Gasteiger partial charge in [-0.3, -0.25) is 9.69 Å². The number of aromatic nitrogens is 4. The van der Waals surface area contributed by atoms with Gasteiger partial charge in [0.2, 0.25) is 5.91 Å². The first-order valence-corrected chi connectivity index (χ1v) is 19.0. The molecule has 12 nitrogen and oxygen atoms in total. The monoisotopic (exact) mass is 755 g/mol. The molecule has 2 aromatic heterocycles. The van der Waals surface area contributed by atoms with Crippen LogP contribution in [0.3, 0.4) is 0 Å². The summed E-state index contributed by atoms with van der Waals surface area (Å²) in [6, 6.07) is 8.68. The first-order chi connectivity index (χ1) is 26.1. The minimum atomic E-state index is -3.27. The third-order valence-electron chi connectivity index (χ3n) is 11.5. The number of nitrogens with one attached hydrogen (secondary N) is 3. The molecular formula is C41H47F2N7O5. The lowest BCUT2D eigenvalue weighted by molar-refractivity contribution is -0.135. The highest BCUT2D eigenvalue weighted by Crippen LogP contribution is 2.58. The molecule has 14 heteroatoms. The predicted octanol–water partition coefficient (Wildman–Crippen LogP) is 8.09. The molecule has 0 bridgehead atoms. The van der Waals surface area contributed by atoms with E-state index in [1.165, 1.54) is 19.2 Å². The first-order valence-electron chi connectivity index (χ1n) is 19.0. The second-order valence-corrected chi connectivity index (χ2v) is 16.8. The third-order valence-corrected chi connectivity index (χ3v) is 11.5.